The molecular formula is C11H10F2N2S. The number of nitrogen functional groups attached to an aromatic ring is 1. The van der Waals surface area contributed by atoms with E-state index in [2.05, 4.69) is 5.32 Å². The first-order valence-corrected chi connectivity index (χ1v) is 5.60. The largest absolute Gasteiger partial charge is 0.399 e. The molecule has 5 heteroatoms. The van der Waals surface area contributed by atoms with Crippen molar-refractivity contribution in [3.8, 4) is 0 Å². The molecule has 2 aromatic rings. The van der Waals surface area contributed by atoms with Crippen LogP contribution in [0.25, 0.3) is 0 Å². The SMILES string of the molecule is Nc1cc(F)c(NCc2ccsc2)c(F)c1. The van der Waals surface area contributed by atoms with Gasteiger partial charge in [-0.05, 0) is 34.5 Å². The Morgan fingerprint density at radius 1 is 1.25 bits per heavy atom. The van der Waals surface area contributed by atoms with Gasteiger partial charge >= 0.3 is 0 Å². The third-order valence-electron chi connectivity index (χ3n) is 2.11. The van der Waals surface area contributed by atoms with Crippen LogP contribution >= 0.6 is 11.3 Å². The summed E-state index contributed by atoms with van der Waals surface area (Å²) in [6.45, 7) is 0.390. The molecule has 0 aliphatic carbocycles. The van der Waals surface area contributed by atoms with E-state index < -0.39 is 11.6 Å². The highest BCUT2D eigenvalue weighted by atomic mass is 32.1. The fourth-order valence-corrected chi connectivity index (χ4v) is 2.01. The third kappa shape index (κ3) is 2.30. The first-order valence-electron chi connectivity index (χ1n) is 4.66. The Morgan fingerprint density at radius 2 is 1.94 bits per heavy atom. The summed E-state index contributed by atoms with van der Waals surface area (Å²) < 4.78 is 26.7. The van der Waals surface area contributed by atoms with Gasteiger partial charge in [0.1, 0.15) is 5.69 Å². The molecule has 0 radical (unpaired) electrons. The number of thiophene rings is 1. The molecule has 1 aromatic heterocycles. The Morgan fingerprint density at radius 3 is 2.50 bits per heavy atom. The summed E-state index contributed by atoms with van der Waals surface area (Å²) in [6, 6.07) is 4.09. The van der Waals surface area contributed by atoms with Crippen molar-refractivity contribution in [2.24, 2.45) is 0 Å². The van der Waals surface area contributed by atoms with E-state index in [1.54, 1.807) is 0 Å². The molecule has 1 heterocycles. The van der Waals surface area contributed by atoms with E-state index in [-0.39, 0.29) is 11.4 Å². The fourth-order valence-electron chi connectivity index (χ4n) is 1.35. The highest BCUT2D eigenvalue weighted by molar-refractivity contribution is 7.07. The zero-order valence-corrected chi connectivity index (χ0v) is 9.15. The molecule has 84 valence electrons. The minimum atomic E-state index is -0.673. The standard InChI is InChI=1S/C11H10F2N2S/c12-9-3-8(14)4-10(13)11(9)15-5-7-1-2-16-6-7/h1-4,6,15H,5,14H2. The van der Waals surface area contributed by atoms with Gasteiger partial charge in [-0.3, -0.25) is 0 Å². The van der Waals surface area contributed by atoms with E-state index in [0.29, 0.717) is 6.54 Å². The number of halogens is 2. The predicted octanol–water partition coefficient (Wildman–Crippen LogP) is 3.22. The van der Waals surface area contributed by atoms with Gasteiger partial charge in [0.15, 0.2) is 11.6 Å². The molecule has 16 heavy (non-hydrogen) atoms. The van der Waals surface area contributed by atoms with Gasteiger partial charge in [0.05, 0.1) is 0 Å². The maximum Gasteiger partial charge on any atom is 0.151 e. The monoisotopic (exact) mass is 240 g/mol. The molecule has 3 N–H and O–H groups in total. The minimum absolute atomic E-state index is 0.0797. The van der Waals surface area contributed by atoms with Crippen molar-refractivity contribution < 1.29 is 8.78 Å². The zero-order chi connectivity index (χ0) is 11.5. The van der Waals surface area contributed by atoms with Crippen LogP contribution in [-0.2, 0) is 6.54 Å². The summed E-state index contributed by atoms with van der Waals surface area (Å²) in [4.78, 5) is 0. The van der Waals surface area contributed by atoms with E-state index >= 15 is 0 Å². The fraction of sp³-hybridized carbons (Fsp3) is 0.0909. The molecule has 0 bridgehead atoms. The van der Waals surface area contributed by atoms with E-state index in [1.807, 2.05) is 16.8 Å². The predicted molar refractivity (Wildman–Crippen MR) is 62.4 cm³/mol. The molecule has 0 unspecified atom stereocenters. The summed E-state index contributed by atoms with van der Waals surface area (Å²) in [5.74, 6) is -1.35. The molecule has 0 amide bonds. The normalized spacial score (nSPS) is 10.4. The number of nitrogens with two attached hydrogens (primary N) is 1. The van der Waals surface area contributed by atoms with E-state index in [9.17, 15) is 8.78 Å². The van der Waals surface area contributed by atoms with Gasteiger partial charge in [0.2, 0.25) is 0 Å². The van der Waals surface area contributed by atoms with Crippen molar-refractivity contribution >= 4 is 22.7 Å². The maximum absolute atomic E-state index is 13.4. The first kappa shape index (κ1) is 10.9. The van der Waals surface area contributed by atoms with Crippen molar-refractivity contribution in [2.45, 2.75) is 6.54 Å². The highest BCUT2D eigenvalue weighted by Gasteiger charge is 2.09. The molecule has 0 aliphatic heterocycles. The summed E-state index contributed by atoms with van der Waals surface area (Å²) >= 11 is 1.54. The average Bonchev–Trinajstić information content (AvgIpc) is 2.68. The molecule has 1 aromatic carbocycles. The third-order valence-corrected chi connectivity index (χ3v) is 2.85. The van der Waals surface area contributed by atoms with Crippen molar-refractivity contribution in [1.29, 1.82) is 0 Å². The second-order valence-corrected chi connectivity index (χ2v) is 4.12. The van der Waals surface area contributed by atoms with Gasteiger partial charge in [0.25, 0.3) is 0 Å². The van der Waals surface area contributed by atoms with Gasteiger partial charge in [-0.1, -0.05) is 0 Å². The van der Waals surface area contributed by atoms with Crippen LogP contribution in [0.1, 0.15) is 5.56 Å². The van der Waals surface area contributed by atoms with Crippen LogP contribution in [0.15, 0.2) is 29.0 Å². The maximum atomic E-state index is 13.4. The number of anilines is 2. The number of benzene rings is 1. The quantitative estimate of drug-likeness (QED) is 0.808. The first-order chi connectivity index (χ1) is 7.66. The van der Waals surface area contributed by atoms with Crippen molar-refractivity contribution in [3.63, 3.8) is 0 Å². The molecule has 0 saturated carbocycles. The lowest BCUT2D eigenvalue weighted by molar-refractivity contribution is 0.589. The number of nitrogens with one attached hydrogen (secondary N) is 1. The van der Waals surface area contributed by atoms with Crippen LogP contribution in [0, 0.1) is 11.6 Å². The summed E-state index contributed by atoms with van der Waals surface area (Å²) in [7, 11) is 0. The highest BCUT2D eigenvalue weighted by Crippen LogP contribution is 2.22. The molecule has 2 rings (SSSR count). The Hall–Kier alpha value is -1.62. The number of hydrogen-bond donors (Lipinski definition) is 2. The second kappa shape index (κ2) is 4.49. The number of rotatable bonds is 3. The molecule has 0 fully saturated rings. The van der Waals surface area contributed by atoms with E-state index in [4.69, 9.17) is 5.73 Å². The second-order valence-electron chi connectivity index (χ2n) is 3.34. The smallest absolute Gasteiger partial charge is 0.151 e. The van der Waals surface area contributed by atoms with Gasteiger partial charge in [-0.15, -0.1) is 0 Å². The Balaban J connectivity index is 2.15. The van der Waals surface area contributed by atoms with Crippen LogP contribution in [-0.4, -0.2) is 0 Å². The van der Waals surface area contributed by atoms with Crippen molar-refractivity contribution in [1.82, 2.24) is 0 Å². The van der Waals surface area contributed by atoms with Gasteiger partial charge in [-0.2, -0.15) is 11.3 Å². The topological polar surface area (TPSA) is 38.0 Å². The summed E-state index contributed by atoms with van der Waals surface area (Å²) in [5.41, 5.74) is 6.24. The molecule has 0 spiro atoms. The molecule has 0 aliphatic rings. The van der Waals surface area contributed by atoms with Crippen LogP contribution in [0.5, 0.6) is 0 Å². The summed E-state index contributed by atoms with van der Waals surface area (Å²) in [6.07, 6.45) is 0. The lowest BCUT2D eigenvalue weighted by Gasteiger charge is -2.08. The average molecular weight is 240 g/mol. The van der Waals surface area contributed by atoms with Crippen molar-refractivity contribution in [3.05, 3.63) is 46.2 Å². The van der Waals surface area contributed by atoms with Crippen molar-refractivity contribution in [2.75, 3.05) is 11.1 Å². The van der Waals surface area contributed by atoms with Crippen LogP contribution in [0.3, 0.4) is 0 Å². The lowest BCUT2D eigenvalue weighted by Crippen LogP contribution is -2.04. The van der Waals surface area contributed by atoms with Gasteiger partial charge < -0.3 is 11.1 Å². The molecule has 2 nitrogen and oxygen atoms in total. The van der Waals surface area contributed by atoms with E-state index in [1.165, 1.54) is 11.3 Å². The zero-order valence-electron chi connectivity index (χ0n) is 8.34. The van der Waals surface area contributed by atoms with Crippen LogP contribution < -0.4 is 11.1 Å². The number of hydrogen-bond acceptors (Lipinski definition) is 3. The minimum Gasteiger partial charge on any atom is -0.399 e. The molecular weight excluding hydrogens is 230 g/mol. The molecule has 0 saturated heterocycles. The Labute approximate surface area is 95.7 Å². The van der Waals surface area contributed by atoms with E-state index in [0.717, 1.165) is 17.7 Å². The lowest BCUT2D eigenvalue weighted by atomic mass is 10.2. The Bertz CT molecular complexity index is 460. The Kier molecular flexibility index (Phi) is 3.05. The van der Waals surface area contributed by atoms with Crippen LogP contribution in [0.4, 0.5) is 20.2 Å². The summed E-state index contributed by atoms with van der Waals surface area (Å²) in [5, 5.41) is 6.54. The van der Waals surface area contributed by atoms with Gasteiger partial charge in [0, 0.05) is 12.2 Å². The molecule has 0 atom stereocenters. The van der Waals surface area contributed by atoms with Gasteiger partial charge in [-0.25, -0.2) is 8.78 Å². The van der Waals surface area contributed by atoms with Crippen LogP contribution in [0.2, 0.25) is 0 Å².